The van der Waals surface area contributed by atoms with Crippen molar-refractivity contribution in [2.45, 2.75) is 30.5 Å². The molecular formula is C14H12BrNO3. The van der Waals surface area contributed by atoms with Crippen LogP contribution in [0.1, 0.15) is 36.2 Å². The maximum Gasteiger partial charge on any atom is 0.244 e. The Bertz CT molecular complexity index is 640. The molecule has 2 amide bonds. The molecule has 1 aliphatic heterocycles. The Morgan fingerprint density at radius 2 is 2.11 bits per heavy atom. The van der Waals surface area contributed by atoms with Gasteiger partial charge in [-0.3, -0.25) is 14.4 Å². The van der Waals surface area contributed by atoms with Gasteiger partial charge in [-0.25, -0.2) is 4.90 Å². The van der Waals surface area contributed by atoms with Crippen molar-refractivity contribution in [1.29, 1.82) is 0 Å². The zero-order chi connectivity index (χ0) is 13.9. The summed E-state index contributed by atoms with van der Waals surface area (Å²) in [6.07, 6.45) is 0.387. The van der Waals surface area contributed by atoms with Crippen LogP contribution in [0.3, 0.4) is 0 Å². The molecule has 0 saturated heterocycles. The largest absolute Gasteiger partial charge is 0.293 e. The van der Waals surface area contributed by atoms with Crippen LogP contribution in [-0.2, 0) is 15.0 Å². The van der Waals surface area contributed by atoms with Crippen LogP contribution >= 0.6 is 15.9 Å². The van der Waals surface area contributed by atoms with E-state index in [0.29, 0.717) is 23.2 Å². The van der Waals surface area contributed by atoms with Crippen molar-refractivity contribution in [3.8, 4) is 0 Å². The van der Waals surface area contributed by atoms with E-state index < -0.39 is 5.41 Å². The second-order valence-electron chi connectivity index (χ2n) is 5.23. The minimum atomic E-state index is -0.792. The smallest absolute Gasteiger partial charge is 0.244 e. The van der Waals surface area contributed by atoms with Crippen molar-refractivity contribution in [2.24, 2.45) is 0 Å². The summed E-state index contributed by atoms with van der Waals surface area (Å²) in [7, 11) is 0. The second kappa shape index (κ2) is 3.76. The van der Waals surface area contributed by atoms with Crippen molar-refractivity contribution in [1.82, 2.24) is 0 Å². The normalized spacial score (nSPS) is 28.6. The highest BCUT2D eigenvalue weighted by atomic mass is 79.9. The first kappa shape index (κ1) is 12.5. The lowest BCUT2D eigenvalue weighted by molar-refractivity contribution is -0.128. The number of carbonyl (C=O) groups is 3. The third-order valence-electron chi connectivity index (χ3n) is 3.96. The van der Waals surface area contributed by atoms with Gasteiger partial charge in [0.15, 0.2) is 5.78 Å². The SMILES string of the molecule is CC(=O)N1C(=O)[C@@]2(C)C[C@@H](Br)C(=O)c3cccc1c32. The molecule has 0 bridgehead atoms. The highest BCUT2D eigenvalue weighted by Crippen LogP contribution is 2.50. The zero-order valence-electron chi connectivity index (χ0n) is 10.6. The quantitative estimate of drug-likeness (QED) is 0.688. The number of anilines is 1. The lowest BCUT2D eigenvalue weighted by Gasteiger charge is -2.31. The summed E-state index contributed by atoms with van der Waals surface area (Å²) in [6, 6.07) is 5.17. The van der Waals surface area contributed by atoms with Crippen molar-refractivity contribution in [2.75, 3.05) is 4.90 Å². The molecular weight excluding hydrogens is 310 g/mol. The summed E-state index contributed by atoms with van der Waals surface area (Å²) in [5.74, 6) is -0.570. The number of halogens is 1. The maximum atomic E-state index is 12.6. The van der Waals surface area contributed by atoms with E-state index in [-0.39, 0.29) is 22.4 Å². The standard InChI is InChI=1S/C14H12BrNO3/c1-7(17)16-10-5-3-4-8-11(10)14(2,13(16)19)6-9(15)12(8)18/h3-5,9H,6H2,1-2H3/t9-,14+/m1/s1. The Morgan fingerprint density at radius 1 is 1.42 bits per heavy atom. The lowest BCUT2D eigenvalue weighted by atomic mass is 9.72. The summed E-state index contributed by atoms with van der Waals surface area (Å²) in [5.41, 5.74) is 1.02. The first-order valence-corrected chi connectivity index (χ1v) is 6.96. The molecule has 0 fully saturated rings. The number of hydrogen-bond donors (Lipinski definition) is 0. The van der Waals surface area contributed by atoms with Crippen molar-refractivity contribution in [3.63, 3.8) is 0 Å². The van der Waals surface area contributed by atoms with Gasteiger partial charge in [-0.15, -0.1) is 0 Å². The Kier molecular flexibility index (Phi) is 2.48. The third kappa shape index (κ3) is 1.42. The number of alkyl halides is 1. The molecule has 5 heteroatoms. The maximum absolute atomic E-state index is 12.6. The molecule has 3 rings (SSSR count). The molecule has 0 N–H and O–H groups in total. The van der Waals surface area contributed by atoms with Crippen LogP contribution in [0, 0.1) is 0 Å². The van der Waals surface area contributed by atoms with Crippen LogP contribution in [-0.4, -0.2) is 22.4 Å². The van der Waals surface area contributed by atoms with Crippen LogP contribution in [0.4, 0.5) is 5.69 Å². The number of Topliss-reactive ketones (excluding diaryl/α,β-unsaturated/α-hetero) is 1. The van der Waals surface area contributed by atoms with Gasteiger partial charge in [0.1, 0.15) is 0 Å². The van der Waals surface area contributed by atoms with E-state index in [2.05, 4.69) is 15.9 Å². The van der Waals surface area contributed by atoms with E-state index in [1.165, 1.54) is 11.8 Å². The van der Waals surface area contributed by atoms with Gasteiger partial charge >= 0.3 is 0 Å². The van der Waals surface area contributed by atoms with Gasteiger partial charge in [-0.05, 0) is 19.4 Å². The van der Waals surface area contributed by atoms with Gasteiger partial charge in [0.25, 0.3) is 0 Å². The van der Waals surface area contributed by atoms with Gasteiger partial charge in [-0.1, -0.05) is 28.1 Å². The molecule has 19 heavy (non-hydrogen) atoms. The Morgan fingerprint density at radius 3 is 2.74 bits per heavy atom. The summed E-state index contributed by atoms with van der Waals surface area (Å²) >= 11 is 3.34. The minimum Gasteiger partial charge on any atom is -0.293 e. The van der Waals surface area contributed by atoms with E-state index in [9.17, 15) is 14.4 Å². The number of amides is 2. The Hall–Kier alpha value is -1.49. The molecule has 2 aliphatic rings. The van der Waals surface area contributed by atoms with E-state index in [0.717, 1.165) is 0 Å². The third-order valence-corrected chi connectivity index (χ3v) is 4.70. The molecule has 98 valence electrons. The van der Waals surface area contributed by atoms with E-state index >= 15 is 0 Å². The molecule has 1 heterocycles. The number of rotatable bonds is 0. The predicted octanol–water partition coefficient (Wildman–Crippen LogP) is 2.19. The fourth-order valence-electron chi connectivity index (χ4n) is 3.10. The molecule has 0 aromatic heterocycles. The fourth-order valence-corrected chi connectivity index (χ4v) is 3.99. The van der Waals surface area contributed by atoms with E-state index in [4.69, 9.17) is 0 Å². The number of hydrogen-bond acceptors (Lipinski definition) is 3. The van der Waals surface area contributed by atoms with Gasteiger partial charge < -0.3 is 0 Å². The van der Waals surface area contributed by atoms with E-state index in [1.54, 1.807) is 25.1 Å². The monoisotopic (exact) mass is 321 g/mol. The van der Waals surface area contributed by atoms with Gasteiger partial charge in [0, 0.05) is 18.1 Å². The van der Waals surface area contributed by atoms with Gasteiger partial charge in [-0.2, -0.15) is 0 Å². The molecule has 0 spiro atoms. The first-order chi connectivity index (χ1) is 8.88. The Balaban J connectivity index is 2.35. The average molecular weight is 322 g/mol. The van der Waals surface area contributed by atoms with Crippen molar-refractivity contribution < 1.29 is 14.4 Å². The van der Waals surface area contributed by atoms with Crippen LogP contribution in [0.2, 0.25) is 0 Å². The molecule has 1 aliphatic carbocycles. The molecule has 1 aromatic carbocycles. The van der Waals surface area contributed by atoms with Crippen LogP contribution in [0.25, 0.3) is 0 Å². The summed E-state index contributed by atoms with van der Waals surface area (Å²) in [5, 5.41) is 0. The molecule has 4 nitrogen and oxygen atoms in total. The van der Waals surface area contributed by atoms with Crippen LogP contribution < -0.4 is 4.90 Å². The van der Waals surface area contributed by atoms with Gasteiger partial charge in [0.2, 0.25) is 11.8 Å². The molecule has 0 saturated carbocycles. The number of carbonyl (C=O) groups excluding carboxylic acids is 3. The molecule has 2 atom stereocenters. The van der Waals surface area contributed by atoms with Crippen molar-refractivity contribution in [3.05, 3.63) is 29.3 Å². The van der Waals surface area contributed by atoms with Crippen LogP contribution in [0.5, 0.6) is 0 Å². The zero-order valence-corrected chi connectivity index (χ0v) is 12.2. The summed E-state index contributed by atoms with van der Waals surface area (Å²) < 4.78 is 0. The highest BCUT2D eigenvalue weighted by Gasteiger charge is 2.54. The first-order valence-electron chi connectivity index (χ1n) is 6.05. The number of imide groups is 1. The van der Waals surface area contributed by atoms with Gasteiger partial charge in [0.05, 0.1) is 15.9 Å². The number of nitrogens with zero attached hydrogens (tertiary/aromatic N) is 1. The molecule has 1 aromatic rings. The van der Waals surface area contributed by atoms with E-state index in [1.807, 2.05) is 0 Å². The van der Waals surface area contributed by atoms with Crippen LogP contribution in [0.15, 0.2) is 18.2 Å². The second-order valence-corrected chi connectivity index (χ2v) is 6.33. The topological polar surface area (TPSA) is 54.5 Å². The molecule has 0 radical (unpaired) electrons. The number of ketones is 1. The molecule has 0 unspecified atom stereocenters. The fraction of sp³-hybridized carbons (Fsp3) is 0.357. The van der Waals surface area contributed by atoms with Crippen molar-refractivity contribution >= 4 is 39.2 Å². The predicted molar refractivity (Wildman–Crippen MR) is 73.6 cm³/mol. The minimum absolute atomic E-state index is 0.0208. The summed E-state index contributed by atoms with van der Waals surface area (Å²) in [6.45, 7) is 3.17. The highest BCUT2D eigenvalue weighted by molar-refractivity contribution is 9.10. The average Bonchev–Trinajstić information content (AvgIpc) is 2.57. The number of benzene rings is 1. The lowest BCUT2D eigenvalue weighted by Crippen LogP contribution is -2.44. The summed E-state index contributed by atoms with van der Waals surface area (Å²) in [4.78, 5) is 37.3. The Labute approximate surface area is 118 Å².